The van der Waals surface area contributed by atoms with Gasteiger partial charge in [-0.15, -0.1) is 11.1 Å². The van der Waals surface area contributed by atoms with Crippen LogP contribution in [-0.2, 0) is 9.09 Å². The molecule has 0 aromatic heterocycles. The monoisotopic (exact) mass is 197 g/mol. The molecule has 1 rings (SSSR count). The van der Waals surface area contributed by atoms with Gasteiger partial charge in [-0.05, 0) is 12.1 Å². The Hall–Kier alpha value is -1.18. The minimum Gasteiger partial charge on any atom is -0.229 e. The first-order valence-electron chi connectivity index (χ1n) is 3.77. The molecule has 1 aromatic carbocycles. The highest BCUT2D eigenvalue weighted by Crippen LogP contribution is 2.27. The highest BCUT2D eigenvalue weighted by Gasteiger charge is 2.20. The molecular weight excluding hydrogens is 187 g/mol. The van der Waals surface area contributed by atoms with Gasteiger partial charge in [0.25, 0.3) is 0 Å². The Morgan fingerprint density at radius 3 is 2.69 bits per heavy atom. The maximum atomic E-state index is 11.0. The molecule has 0 N–H and O–H groups in total. The summed E-state index contributed by atoms with van der Waals surface area (Å²) < 4.78 is 20.7. The van der Waals surface area contributed by atoms with E-state index in [0.29, 0.717) is 5.75 Å². The predicted octanol–water partition coefficient (Wildman–Crippen LogP) is 2.93. The molecule has 0 aliphatic heterocycles. The van der Waals surface area contributed by atoms with E-state index in [0.717, 1.165) is 0 Å². The Bertz CT molecular complexity index is 284. The lowest BCUT2D eigenvalue weighted by Crippen LogP contribution is -1.86. The van der Waals surface area contributed by atoms with Crippen LogP contribution in [0.5, 0.6) is 5.75 Å². The van der Waals surface area contributed by atoms with E-state index in [1.54, 1.807) is 24.3 Å². The van der Waals surface area contributed by atoms with Crippen molar-refractivity contribution in [2.75, 3.05) is 6.61 Å². The van der Waals surface area contributed by atoms with Crippen LogP contribution in [-0.4, -0.2) is 6.61 Å². The first kappa shape index (κ1) is 9.90. The average molecular weight is 197 g/mol. The van der Waals surface area contributed by atoms with Gasteiger partial charge in [0, 0.05) is 4.57 Å². The smallest absolute Gasteiger partial charge is 0.229 e. The van der Waals surface area contributed by atoms with E-state index in [9.17, 15) is 4.57 Å². The quantitative estimate of drug-likeness (QED) is 0.537. The number of para-hydroxylation sites is 1. The summed E-state index contributed by atoms with van der Waals surface area (Å²) in [5.74, 6) is 0.535. The topological polar surface area (TPSA) is 35.5 Å². The largest absolute Gasteiger partial charge is 0.750 e. The van der Waals surface area contributed by atoms with Gasteiger partial charge in [-0.1, -0.05) is 24.3 Å². The van der Waals surface area contributed by atoms with Crippen LogP contribution in [0.25, 0.3) is 0 Å². The van der Waals surface area contributed by atoms with Crippen molar-refractivity contribution in [2.24, 2.45) is 0 Å². The SMILES string of the molecule is C=CCO[P+](=O)Oc1ccccc1. The highest BCUT2D eigenvalue weighted by atomic mass is 31.1. The molecule has 0 fully saturated rings. The second-order valence-corrected chi connectivity index (χ2v) is 3.10. The summed E-state index contributed by atoms with van der Waals surface area (Å²) in [6.07, 6.45) is 1.52. The van der Waals surface area contributed by atoms with E-state index in [-0.39, 0.29) is 6.61 Å². The second-order valence-electron chi connectivity index (χ2n) is 2.21. The predicted molar refractivity (Wildman–Crippen MR) is 50.8 cm³/mol. The normalized spacial score (nSPS) is 10.6. The molecule has 3 nitrogen and oxygen atoms in total. The Balaban J connectivity index is 2.41. The van der Waals surface area contributed by atoms with Gasteiger partial charge >= 0.3 is 8.25 Å². The van der Waals surface area contributed by atoms with Crippen molar-refractivity contribution >= 4 is 8.25 Å². The zero-order chi connectivity index (χ0) is 9.52. The van der Waals surface area contributed by atoms with Gasteiger partial charge in [-0.2, -0.15) is 0 Å². The fourth-order valence-corrected chi connectivity index (χ4v) is 1.28. The third-order valence-electron chi connectivity index (χ3n) is 1.22. The van der Waals surface area contributed by atoms with Crippen LogP contribution in [0.1, 0.15) is 0 Å². The molecule has 0 bridgehead atoms. The third kappa shape index (κ3) is 3.83. The van der Waals surface area contributed by atoms with Gasteiger partial charge in [0.05, 0.1) is 0 Å². The summed E-state index contributed by atoms with van der Waals surface area (Å²) in [5, 5.41) is 0. The summed E-state index contributed by atoms with van der Waals surface area (Å²) in [5.41, 5.74) is 0. The maximum absolute atomic E-state index is 11.0. The van der Waals surface area contributed by atoms with Crippen LogP contribution in [0.4, 0.5) is 0 Å². The molecule has 0 saturated carbocycles. The minimum atomic E-state index is -2.08. The second kappa shape index (κ2) is 5.46. The van der Waals surface area contributed by atoms with Gasteiger partial charge in [0.1, 0.15) is 6.61 Å². The molecule has 4 heteroatoms. The van der Waals surface area contributed by atoms with Crippen LogP contribution in [0.3, 0.4) is 0 Å². The minimum absolute atomic E-state index is 0.224. The van der Waals surface area contributed by atoms with Gasteiger partial charge in [0.2, 0.25) is 0 Å². The summed E-state index contributed by atoms with van der Waals surface area (Å²) >= 11 is 0. The molecule has 0 amide bonds. The van der Waals surface area contributed by atoms with Crippen molar-refractivity contribution in [1.29, 1.82) is 0 Å². The lowest BCUT2D eigenvalue weighted by Gasteiger charge is -1.89. The number of hydrogen-bond donors (Lipinski definition) is 0. The van der Waals surface area contributed by atoms with Gasteiger partial charge in [-0.25, -0.2) is 4.52 Å². The molecule has 13 heavy (non-hydrogen) atoms. The molecule has 0 aliphatic carbocycles. The van der Waals surface area contributed by atoms with E-state index in [4.69, 9.17) is 9.05 Å². The van der Waals surface area contributed by atoms with E-state index in [1.807, 2.05) is 6.07 Å². The zero-order valence-corrected chi connectivity index (χ0v) is 7.94. The molecule has 0 aliphatic rings. The van der Waals surface area contributed by atoms with Crippen LogP contribution in [0.2, 0.25) is 0 Å². The molecule has 68 valence electrons. The fourth-order valence-electron chi connectivity index (χ4n) is 0.707. The molecule has 0 heterocycles. The maximum Gasteiger partial charge on any atom is 0.750 e. The number of hydrogen-bond acceptors (Lipinski definition) is 3. The van der Waals surface area contributed by atoms with Gasteiger partial charge < -0.3 is 0 Å². The lowest BCUT2D eigenvalue weighted by molar-refractivity contribution is 0.317. The van der Waals surface area contributed by atoms with Crippen molar-refractivity contribution in [2.45, 2.75) is 0 Å². The van der Waals surface area contributed by atoms with Gasteiger partial charge in [-0.3, -0.25) is 0 Å². The number of rotatable bonds is 5. The molecule has 1 atom stereocenters. The van der Waals surface area contributed by atoms with Crippen molar-refractivity contribution < 1.29 is 13.6 Å². The first-order chi connectivity index (χ1) is 6.33. The molecule has 0 radical (unpaired) electrons. The molecule has 0 spiro atoms. The molecular formula is C9H10O3P+. The van der Waals surface area contributed by atoms with Crippen LogP contribution in [0, 0.1) is 0 Å². The van der Waals surface area contributed by atoms with E-state index in [1.165, 1.54) is 6.08 Å². The fraction of sp³-hybridized carbons (Fsp3) is 0.111. The Labute approximate surface area is 77.9 Å². The summed E-state index contributed by atoms with van der Waals surface area (Å²) in [6.45, 7) is 3.65. The van der Waals surface area contributed by atoms with E-state index in [2.05, 4.69) is 6.58 Å². The van der Waals surface area contributed by atoms with Crippen LogP contribution in [0.15, 0.2) is 43.0 Å². The van der Waals surface area contributed by atoms with E-state index < -0.39 is 8.25 Å². The molecule has 0 saturated heterocycles. The van der Waals surface area contributed by atoms with Crippen molar-refractivity contribution in [3.8, 4) is 5.75 Å². The van der Waals surface area contributed by atoms with Crippen LogP contribution >= 0.6 is 8.25 Å². The highest BCUT2D eigenvalue weighted by molar-refractivity contribution is 7.33. The summed E-state index contributed by atoms with van der Waals surface area (Å²) in [6, 6.07) is 8.87. The molecule has 1 aromatic rings. The zero-order valence-electron chi connectivity index (χ0n) is 7.05. The van der Waals surface area contributed by atoms with Crippen LogP contribution < -0.4 is 4.52 Å². The summed E-state index contributed by atoms with van der Waals surface area (Å²) in [4.78, 5) is 0. The van der Waals surface area contributed by atoms with Gasteiger partial charge in [0.15, 0.2) is 5.75 Å². The first-order valence-corrected chi connectivity index (χ1v) is 4.86. The Morgan fingerprint density at radius 1 is 1.38 bits per heavy atom. The summed E-state index contributed by atoms with van der Waals surface area (Å²) in [7, 11) is -2.08. The Kier molecular flexibility index (Phi) is 4.16. The van der Waals surface area contributed by atoms with Crippen molar-refractivity contribution in [3.63, 3.8) is 0 Å². The third-order valence-corrected chi connectivity index (χ3v) is 1.94. The number of benzene rings is 1. The van der Waals surface area contributed by atoms with E-state index >= 15 is 0 Å². The van der Waals surface area contributed by atoms with Crippen molar-refractivity contribution in [1.82, 2.24) is 0 Å². The van der Waals surface area contributed by atoms with Crippen molar-refractivity contribution in [3.05, 3.63) is 43.0 Å². The Morgan fingerprint density at radius 2 is 2.08 bits per heavy atom. The lowest BCUT2D eigenvalue weighted by atomic mass is 10.3. The standard InChI is InChI=1S/C9H10O3P/c1-2-8-11-13(10)12-9-6-4-3-5-7-9/h2-7H,1,8H2/q+1. The molecule has 1 unspecified atom stereocenters. The average Bonchev–Trinajstić information content (AvgIpc) is 2.16.